The first-order valence-electron chi connectivity index (χ1n) is 9.68. The van der Waals surface area contributed by atoms with Crippen molar-refractivity contribution >= 4 is 34.6 Å². The van der Waals surface area contributed by atoms with Crippen molar-refractivity contribution in [3.05, 3.63) is 58.9 Å². The molecule has 0 aliphatic heterocycles. The minimum Gasteiger partial charge on any atom is -0.494 e. The Morgan fingerprint density at radius 1 is 1.26 bits per heavy atom. The lowest BCUT2D eigenvalue weighted by atomic mass is 10.2. The van der Waals surface area contributed by atoms with Gasteiger partial charge in [0.15, 0.2) is 15.7 Å². The fraction of sp³-hybridized carbons (Fsp3) is 0.190. The van der Waals surface area contributed by atoms with E-state index in [2.05, 4.69) is 25.5 Å². The molecule has 0 fully saturated rings. The SMILES string of the molecule is CCOc1ccc(-c2n[nH]c(=S)n2CCC(=O)Nc2nc(-c3cccnc3)cs2)cc1. The van der Waals surface area contributed by atoms with E-state index in [9.17, 15) is 4.79 Å². The third kappa shape index (κ3) is 5.04. The van der Waals surface area contributed by atoms with Crippen LogP contribution in [0.5, 0.6) is 5.75 Å². The first-order chi connectivity index (χ1) is 15.1. The van der Waals surface area contributed by atoms with Crippen molar-refractivity contribution in [3.63, 3.8) is 0 Å². The molecule has 0 unspecified atom stereocenters. The van der Waals surface area contributed by atoms with Crippen molar-refractivity contribution in [1.82, 2.24) is 24.7 Å². The first kappa shape index (κ1) is 20.9. The average Bonchev–Trinajstić information content (AvgIpc) is 3.40. The second kappa shape index (κ2) is 9.63. The molecule has 0 bridgehead atoms. The fourth-order valence-corrected chi connectivity index (χ4v) is 3.94. The number of benzene rings is 1. The van der Waals surface area contributed by atoms with Crippen LogP contribution in [0.4, 0.5) is 5.13 Å². The number of rotatable bonds is 8. The zero-order valence-electron chi connectivity index (χ0n) is 16.7. The number of hydrogen-bond donors (Lipinski definition) is 2. The van der Waals surface area contributed by atoms with Crippen LogP contribution in [0.3, 0.4) is 0 Å². The third-order valence-corrected chi connectivity index (χ3v) is 5.52. The summed E-state index contributed by atoms with van der Waals surface area (Å²) in [7, 11) is 0. The second-order valence-electron chi connectivity index (χ2n) is 6.54. The summed E-state index contributed by atoms with van der Waals surface area (Å²) in [4.78, 5) is 21.0. The van der Waals surface area contributed by atoms with Crippen LogP contribution in [0.1, 0.15) is 13.3 Å². The van der Waals surface area contributed by atoms with Gasteiger partial charge in [0, 0.05) is 41.9 Å². The van der Waals surface area contributed by atoms with Crippen molar-refractivity contribution in [2.45, 2.75) is 19.9 Å². The highest BCUT2D eigenvalue weighted by molar-refractivity contribution is 7.71. The lowest BCUT2D eigenvalue weighted by Crippen LogP contribution is -2.15. The van der Waals surface area contributed by atoms with Crippen LogP contribution in [0.25, 0.3) is 22.6 Å². The molecule has 31 heavy (non-hydrogen) atoms. The second-order valence-corrected chi connectivity index (χ2v) is 7.78. The monoisotopic (exact) mass is 452 g/mol. The van der Waals surface area contributed by atoms with Crippen molar-refractivity contribution in [1.29, 1.82) is 0 Å². The molecule has 0 saturated carbocycles. The van der Waals surface area contributed by atoms with Gasteiger partial charge >= 0.3 is 0 Å². The molecule has 158 valence electrons. The number of anilines is 1. The molecule has 4 aromatic rings. The number of H-pyrrole nitrogens is 1. The Bertz CT molecular complexity index is 1210. The molecule has 3 heterocycles. The van der Waals surface area contributed by atoms with Crippen LogP contribution in [0.2, 0.25) is 0 Å². The Labute approximate surface area is 188 Å². The number of nitrogens with zero attached hydrogens (tertiary/aromatic N) is 4. The van der Waals surface area contributed by atoms with Crippen LogP contribution in [-0.4, -0.2) is 37.2 Å². The van der Waals surface area contributed by atoms with Crippen LogP contribution in [0, 0.1) is 4.77 Å². The largest absolute Gasteiger partial charge is 0.494 e. The van der Waals surface area contributed by atoms with Gasteiger partial charge in [-0.25, -0.2) is 4.98 Å². The topological polar surface area (TPSA) is 97.7 Å². The highest BCUT2D eigenvalue weighted by Gasteiger charge is 2.12. The molecular weight excluding hydrogens is 432 g/mol. The molecule has 0 radical (unpaired) electrons. The van der Waals surface area contributed by atoms with Crippen molar-refractivity contribution in [2.24, 2.45) is 0 Å². The number of thiazole rings is 1. The van der Waals surface area contributed by atoms with Crippen LogP contribution in [0.15, 0.2) is 54.2 Å². The van der Waals surface area contributed by atoms with Gasteiger partial charge in [-0.1, -0.05) is 0 Å². The minimum absolute atomic E-state index is 0.146. The van der Waals surface area contributed by atoms with E-state index in [1.165, 1.54) is 11.3 Å². The number of carbonyl (C=O) groups is 1. The molecule has 8 nitrogen and oxygen atoms in total. The number of hydrogen-bond acceptors (Lipinski definition) is 7. The van der Waals surface area contributed by atoms with E-state index in [0.717, 1.165) is 22.6 Å². The van der Waals surface area contributed by atoms with Gasteiger partial charge in [0.2, 0.25) is 5.91 Å². The maximum absolute atomic E-state index is 12.5. The summed E-state index contributed by atoms with van der Waals surface area (Å²) >= 11 is 6.73. The summed E-state index contributed by atoms with van der Waals surface area (Å²) in [6.07, 6.45) is 3.69. The van der Waals surface area contributed by atoms with Crippen molar-refractivity contribution in [2.75, 3.05) is 11.9 Å². The predicted molar refractivity (Wildman–Crippen MR) is 123 cm³/mol. The zero-order chi connectivity index (χ0) is 21.6. The normalized spacial score (nSPS) is 10.7. The summed E-state index contributed by atoms with van der Waals surface area (Å²) in [6.45, 7) is 2.94. The first-order valence-corrected chi connectivity index (χ1v) is 11.0. The molecule has 2 N–H and O–H groups in total. The van der Waals surface area contributed by atoms with E-state index in [-0.39, 0.29) is 12.3 Å². The fourth-order valence-electron chi connectivity index (χ4n) is 2.99. The number of carbonyl (C=O) groups excluding carboxylic acids is 1. The summed E-state index contributed by atoms with van der Waals surface area (Å²) < 4.78 is 7.76. The van der Waals surface area contributed by atoms with Crippen LogP contribution < -0.4 is 10.1 Å². The quantitative estimate of drug-likeness (QED) is 0.381. The van der Waals surface area contributed by atoms with Crippen LogP contribution >= 0.6 is 23.6 Å². The number of amides is 1. The van der Waals surface area contributed by atoms with E-state index in [0.29, 0.717) is 28.9 Å². The minimum atomic E-state index is -0.146. The molecule has 3 aromatic heterocycles. The van der Waals surface area contributed by atoms with Gasteiger partial charge in [-0.15, -0.1) is 11.3 Å². The summed E-state index contributed by atoms with van der Waals surface area (Å²) in [6, 6.07) is 11.4. The average molecular weight is 453 g/mol. The molecule has 4 rings (SSSR count). The standard InChI is InChI=1S/C21H20N6O2S2/c1-2-29-16-7-5-14(6-8-16)19-25-26-21(30)27(19)11-9-18(28)24-20-23-17(13-31-20)15-4-3-10-22-12-15/h3-8,10,12-13H,2,9,11H2,1H3,(H,26,30)(H,23,24,28). The van der Waals surface area contributed by atoms with Gasteiger partial charge in [-0.2, -0.15) is 5.10 Å². The maximum Gasteiger partial charge on any atom is 0.227 e. The number of aromatic amines is 1. The third-order valence-electron chi connectivity index (χ3n) is 4.45. The predicted octanol–water partition coefficient (Wildman–Crippen LogP) is 4.55. The summed E-state index contributed by atoms with van der Waals surface area (Å²) in [5.41, 5.74) is 2.57. The molecule has 0 atom stereocenters. The van der Waals surface area contributed by atoms with E-state index in [4.69, 9.17) is 17.0 Å². The Kier molecular flexibility index (Phi) is 6.48. The van der Waals surface area contributed by atoms with E-state index in [1.54, 1.807) is 12.4 Å². The summed E-state index contributed by atoms with van der Waals surface area (Å²) in [5, 5.41) is 12.4. The van der Waals surface area contributed by atoms with Crippen LogP contribution in [-0.2, 0) is 11.3 Å². The van der Waals surface area contributed by atoms with Gasteiger partial charge in [0.05, 0.1) is 12.3 Å². The van der Waals surface area contributed by atoms with Gasteiger partial charge in [-0.3, -0.25) is 19.4 Å². The number of ether oxygens (including phenoxy) is 1. The zero-order valence-corrected chi connectivity index (χ0v) is 18.4. The Morgan fingerprint density at radius 3 is 2.84 bits per heavy atom. The molecule has 0 aliphatic carbocycles. The van der Waals surface area contributed by atoms with E-state index >= 15 is 0 Å². The van der Waals surface area contributed by atoms with Gasteiger partial charge in [0.25, 0.3) is 0 Å². The highest BCUT2D eigenvalue weighted by Crippen LogP contribution is 2.24. The Balaban J connectivity index is 1.40. The molecule has 0 aliphatic rings. The van der Waals surface area contributed by atoms with Gasteiger partial charge in [0.1, 0.15) is 5.75 Å². The highest BCUT2D eigenvalue weighted by atomic mass is 32.1. The maximum atomic E-state index is 12.5. The summed E-state index contributed by atoms with van der Waals surface area (Å²) in [5.74, 6) is 1.32. The number of pyridine rings is 1. The van der Waals surface area contributed by atoms with Gasteiger partial charge in [-0.05, 0) is 55.5 Å². The Hall–Kier alpha value is -3.37. The van der Waals surface area contributed by atoms with E-state index < -0.39 is 0 Å². The number of aromatic nitrogens is 5. The Morgan fingerprint density at radius 2 is 2.10 bits per heavy atom. The molecule has 0 saturated heterocycles. The molecule has 10 heteroatoms. The molecular formula is C21H20N6O2S2. The lowest BCUT2D eigenvalue weighted by Gasteiger charge is -2.08. The van der Waals surface area contributed by atoms with Crippen molar-refractivity contribution < 1.29 is 9.53 Å². The molecule has 1 amide bonds. The molecule has 1 aromatic carbocycles. The van der Waals surface area contributed by atoms with Gasteiger partial charge < -0.3 is 10.1 Å². The van der Waals surface area contributed by atoms with Crippen molar-refractivity contribution in [3.8, 4) is 28.4 Å². The number of nitrogens with one attached hydrogen (secondary N) is 2. The van der Waals surface area contributed by atoms with E-state index in [1.807, 2.05) is 53.3 Å². The molecule has 0 spiro atoms. The smallest absolute Gasteiger partial charge is 0.227 e. The lowest BCUT2D eigenvalue weighted by molar-refractivity contribution is -0.116.